The summed E-state index contributed by atoms with van der Waals surface area (Å²) < 4.78 is 0. The first-order valence-corrected chi connectivity index (χ1v) is 4.55. The van der Waals surface area contributed by atoms with Crippen LogP contribution in [-0.4, -0.2) is 33.9 Å². The summed E-state index contributed by atoms with van der Waals surface area (Å²) in [6.07, 6.45) is 2.97. The second-order valence-corrected chi connectivity index (χ2v) is 3.49. The van der Waals surface area contributed by atoms with Crippen LogP contribution in [0.15, 0.2) is 12.4 Å². The second kappa shape index (κ2) is 4.76. The quantitative estimate of drug-likeness (QED) is 0.643. The summed E-state index contributed by atoms with van der Waals surface area (Å²) in [5, 5.41) is 18.0. The van der Waals surface area contributed by atoms with E-state index >= 15 is 0 Å². The van der Waals surface area contributed by atoms with E-state index in [2.05, 4.69) is 15.5 Å². The Morgan fingerprint density at radius 2 is 2.43 bits per heavy atom. The number of amides is 1. The molecular formula is C9H15N3O2. The van der Waals surface area contributed by atoms with Crippen LogP contribution in [0.1, 0.15) is 24.2 Å². The molecule has 1 unspecified atom stereocenters. The van der Waals surface area contributed by atoms with E-state index in [0.29, 0.717) is 5.56 Å². The Morgan fingerprint density at radius 3 is 2.86 bits per heavy atom. The highest BCUT2D eigenvalue weighted by atomic mass is 16.3. The molecular weight excluding hydrogens is 182 g/mol. The van der Waals surface area contributed by atoms with Gasteiger partial charge in [-0.05, 0) is 5.92 Å². The lowest BCUT2D eigenvalue weighted by molar-refractivity contribution is 0.0897. The number of hydrogen-bond donors (Lipinski definition) is 3. The predicted octanol–water partition coefficient (Wildman–Crippen LogP) is 0.156. The molecule has 0 aliphatic carbocycles. The molecule has 0 aromatic carbocycles. The lowest BCUT2D eigenvalue weighted by atomic mass is 10.1. The van der Waals surface area contributed by atoms with Crippen molar-refractivity contribution in [3.05, 3.63) is 18.0 Å². The third-order valence-corrected chi connectivity index (χ3v) is 2.08. The standard InChI is InChI=1S/C9H15N3O2/c1-6(2)8(5-13)12-9(14)7-3-10-11-4-7/h3-4,6,8,13H,5H2,1-2H3,(H,10,11)(H,12,14). The number of carbonyl (C=O) groups is 1. The molecule has 0 radical (unpaired) electrons. The molecule has 1 amide bonds. The van der Waals surface area contributed by atoms with Gasteiger partial charge in [0.1, 0.15) is 0 Å². The van der Waals surface area contributed by atoms with Crippen molar-refractivity contribution < 1.29 is 9.90 Å². The maximum absolute atomic E-state index is 11.5. The van der Waals surface area contributed by atoms with E-state index in [1.807, 2.05) is 13.8 Å². The smallest absolute Gasteiger partial charge is 0.254 e. The van der Waals surface area contributed by atoms with Crippen LogP contribution < -0.4 is 5.32 Å². The zero-order valence-electron chi connectivity index (χ0n) is 8.32. The monoisotopic (exact) mass is 197 g/mol. The van der Waals surface area contributed by atoms with Crippen LogP contribution in [0, 0.1) is 5.92 Å². The Bertz CT molecular complexity index is 282. The molecule has 1 heterocycles. The van der Waals surface area contributed by atoms with Crippen LogP contribution >= 0.6 is 0 Å². The van der Waals surface area contributed by atoms with Crippen molar-refractivity contribution in [2.45, 2.75) is 19.9 Å². The number of aliphatic hydroxyl groups excluding tert-OH is 1. The number of nitrogens with zero attached hydrogens (tertiary/aromatic N) is 1. The number of aromatic nitrogens is 2. The van der Waals surface area contributed by atoms with Crippen molar-refractivity contribution in [2.75, 3.05) is 6.61 Å². The minimum Gasteiger partial charge on any atom is -0.394 e. The number of aliphatic hydroxyl groups is 1. The SMILES string of the molecule is CC(C)C(CO)NC(=O)c1cn[nH]c1. The van der Waals surface area contributed by atoms with Gasteiger partial charge in [0.05, 0.1) is 24.4 Å². The highest BCUT2D eigenvalue weighted by Crippen LogP contribution is 2.02. The van der Waals surface area contributed by atoms with Crippen molar-refractivity contribution in [2.24, 2.45) is 5.92 Å². The molecule has 78 valence electrons. The van der Waals surface area contributed by atoms with Gasteiger partial charge in [-0.1, -0.05) is 13.8 Å². The van der Waals surface area contributed by atoms with Crippen molar-refractivity contribution in [1.29, 1.82) is 0 Å². The number of carbonyl (C=O) groups excluding carboxylic acids is 1. The van der Waals surface area contributed by atoms with E-state index in [4.69, 9.17) is 5.11 Å². The lowest BCUT2D eigenvalue weighted by Gasteiger charge is -2.19. The van der Waals surface area contributed by atoms with Gasteiger partial charge in [0.15, 0.2) is 0 Å². The fourth-order valence-electron chi connectivity index (χ4n) is 1.05. The molecule has 3 N–H and O–H groups in total. The average molecular weight is 197 g/mol. The molecule has 5 heteroatoms. The largest absolute Gasteiger partial charge is 0.394 e. The van der Waals surface area contributed by atoms with Crippen molar-refractivity contribution in [1.82, 2.24) is 15.5 Å². The molecule has 1 rings (SSSR count). The lowest BCUT2D eigenvalue weighted by Crippen LogP contribution is -2.41. The Labute approximate surface area is 82.5 Å². The highest BCUT2D eigenvalue weighted by molar-refractivity contribution is 5.93. The number of aromatic amines is 1. The summed E-state index contributed by atoms with van der Waals surface area (Å²) in [7, 11) is 0. The van der Waals surface area contributed by atoms with Crippen molar-refractivity contribution in [3.63, 3.8) is 0 Å². The van der Waals surface area contributed by atoms with Crippen LogP contribution in [0.2, 0.25) is 0 Å². The third kappa shape index (κ3) is 2.56. The van der Waals surface area contributed by atoms with E-state index in [1.165, 1.54) is 12.4 Å². The maximum atomic E-state index is 11.5. The Balaban J connectivity index is 2.56. The molecule has 0 saturated heterocycles. The van der Waals surface area contributed by atoms with Gasteiger partial charge >= 0.3 is 0 Å². The Kier molecular flexibility index (Phi) is 3.64. The first-order chi connectivity index (χ1) is 6.65. The average Bonchev–Trinajstić information content (AvgIpc) is 2.65. The molecule has 1 aromatic rings. The number of nitrogens with one attached hydrogen (secondary N) is 2. The minimum absolute atomic E-state index is 0.0543. The van der Waals surface area contributed by atoms with Gasteiger partial charge in [-0.15, -0.1) is 0 Å². The van der Waals surface area contributed by atoms with Gasteiger partial charge in [0.25, 0.3) is 5.91 Å². The van der Waals surface area contributed by atoms with Crippen molar-refractivity contribution in [3.8, 4) is 0 Å². The summed E-state index contributed by atoms with van der Waals surface area (Å²) in [6, 6.07) is -0.211. The summed E-state index contributed by atoms with van der Waals surface area (Å²) in [4.78, 5) is 11.5. The molecule has 0 aliphatic rings. The Morgan fingerprint density at radius 1 is 1.71 bits per heavy atom. The number of H-pyrrole nitrogens is 1. The number of hydrogen-bond acceptors (Lipinski definition) is 3. The van der Waals surface area contributed by atoms with E-state index in [1.54, 1.807) is 0 Å². The molecule has 0 bridgehead atoms. The van der Waals surface area contributed by atoms with E-state index < -0.39 is 0 Å². The first-order valence-electron chi connectivity index (χ1n) is 4.55. The zero-order chi connectivity index (χ0) is 10.6. The summed E-state index contributed by atoms with van der Waals surface area (Å²) >= 11 is 0. The number of rotatable bonds is 4. The zero-order valence-corrected chi connectivity index (χ0v) is 8.32. The highest BCUT2D eigenvalue weighted by Gasteiger charge is 2.16. The maximum Gasteiger partial charge on any atom is 0.254 e. The molecule has 0 fully saturated rings. The molecule has 1 aromatic heterocycles. The fourth-order valence-corrected chi connectivity index (χ4v) is 1.05. The van der Waals surface area contributed by atoms with Crippen LogP contribution in [-0.2, 0) is 0 Å². The molecule has 1 atom stereocenters. The first kappa shape index (κ1) is 10.7. The van der Waals surface area contributed by atoms with Gasteiger partial charge in [-0.2, -0.15) is 5.10 Å². The molecule has 0 spiro atoms. The van der Waals surface area contributed by atoms with Crippen molar-refractivity contribution >= 4 is 5.91 Å². The van der Waals surface area contributed by atoms with Crippen LogP contribution in [0.4, 0.5) is 0 Å². The summed E-state index contributed by atoms with van der Waals surface area (Å²) in [5.74, 6) is -0.0117. The van der Waals surface area contributed by atoms with Gasteiger partial charge in [0, 0.05) is 6.20 Å². The minimum atomic E-state index is -0.216. The summed E-state index contributed by atoms with van der Waals surface area (Å²) in [6.45, 7) is 3.83. The topological polar surface area (TPSA) is 78.0 Å². The van der Waals surface area contributed by atoms with Crippen LogP contribution in [0.5, 0.6) is 0 Å². The normalized spacial score (nSPS) is 12.9. The predicted molar refractivity (Wildman–Crippen MR) is 51.8 cm³/mol. The molecule has 0 aliphatic heterocycles. The van der Waals surface area contributed by atoms with E-state index in [-0.39, 0.29) is 24.5 Å². The van der Waals surface area contributed by atoms with Gasteiger partial charge in [0.2, 0.25) is 0 Å². The van der Waals surface area contributed by atoms with Gasteiger partial charge in [-0.3, -0.25) is 9.89 Å². The summed E-state index contributed by atoms with van der Waals surface area (Å²) in [5.41, 5.74) is 0.476. The Hall–Kier alpha value is -1.36. The van der Waals surface area contributed by atoms with E-state index in [0.717, 1.165) is 0 Å². The van der Waals surface area contributed by atoms with Gasteiger partial charge < -0.3 is 10.4 Å². The van der Waals surface area contributed by atoms with E-state index in [9.17, 15) is 4.79 Å². The molecule has 0 saturated carbocycles. The molecule has 14 heavy (non-hydrogen) atoms. The van der Waals surface area contributed by atoms with Crippen LogP contribution in [0.3, 0.4) is 0 Å². The fraction of sp³-hybridized carbons (Fsp3) is 0.556. The molecule has 5 nitrogen and oxygen atoms in total. The second-order valence-electron chi connectivity index (χ2n) is 3.49. The van der Waals surface area contributed by atoms with Crippen LogP contribution in [0.25, 0.3) is 0 Å². The van der Waals surface area contributed by atoms with Gasteiger partial charge in [-0.25, -0.2) is 0 Å². The third-order valence-electron chi connectivity index (χ3n) is 2.08.